The Morgan fingerprint density at radius 3 is 2.86 bits per heavy atom. The fraction of sp³-hybridized carbons (Fsp3) is 0.133. The summed E-state index contributed by atoms with van der Waals surface area (Å²) < 4.78 is 7.01. The molecule has 6 heteroatoms. The number of anilines is 1. The van der Waals surface area contributed by atoms with Gasteiger partial charge in [-0.05, 0) is 31.2 Å². The van der Waals surface area contributed by atoms with Gasteiger partial charge in [0.15, 0.2) is 0 Å². The molecular formula is C15H14N4O2. The summed E-state index contributed by atoms with van der Waals surface area (Å²) >= 11 is 0. The molecule has 2 heterocycles. The van der Waals surface area contributed by atoms with Gasteiger partial charge < -0.3 is 9.73 Å². The minimum absolute atomic E-state index is 0.212. The standard InChI is InChI=1S/C15H14N4O2/c1-10-9-16-15(21-10)11-4-3-5-12(8-11)18-14(20)13-6-7-17-19(13)2/h3-9H,1-2H3,(H,18,20). The Labute approximate surface area is 121 Å². The smallest absolute Gasteiger partial charge is 0.273 e. The van der Waals surface area contributed by atoms with Gasteiger partial charge in [-0.25, -0.2) is 4.98 Å². The highest BCUT2D eigenvalue weighted by Gasteiger charge is 2.11. The van der Waals surface area contributed by atoms with Crippen molar-refractivity contribution in [3.63, 3.8) is 0 Å². The zero-order valence-corrected chi connectivity index (χ0v) is 11.7. The van der Waals surface area contributed by atoms with Gasteiger partial charge in [0.25, 0.3) is 5.91 Å². The second kappa shape index (κ2) is 5.24. The summed E-state index contributed by atoms with van der Waals surface area (Å²) in [6, 6.07) is 9.02. The maximum absolute atomic E-state index is 12.1. The van der Waals surface area contributed by atoms with Crippen LogP contribution >= 0.6 is 0 Å². The number of rotatable bonds is 3. The first-order valence-electron chi connectivity index (χ1n) is 6.46. The van der Waals surface area contributed by atoms with Crippen LogP contribution in [0.5, 0.6) is 0 Å². The molecule has 0 saturated carbocycles. The van der Waals surface area contributed by atoms with Crippen molar-refractivity contribution in [1.82, 2.24) is 14.8 Å². The number of hydrogen-bond donors (Lipinski definition) is 1. The summed E-state index contributed by atoms with van der Waals surface area (Å²) in [5, 5.41) is 6.81. The van der Waals surface area contributed by atoms with Gasteiger partial charge in [0.2, 0.25) is 5.89 Å². The molecule has 2 aromatic heterocycles. The van der Waals surface area contributed by atoms with Crippen molar-refractivity contribution < 1.29 is 9.21 Å². The van der Waals surface area contributed by atoms with E-state index in [1.54, 1.807) is 25.5 Å². The lowest BCUT2D eigenvalue weighted by atomic mass is 10.2. The minimum Gasteiger partial charge on any atom is -0.441 e. The van der Waals surface area contributed by atoms with Crippen LogP contribution in [0.25, 0.3) is 11.5 Å². The largest absolute Gasteiger partial charge is 0.441 e. The molecule has 21 heavy (non-hydrogen) atoms. The molecule has 0 fully saturated rings. The van der Waals surface area contributed by atoms with Gasteiger partial charge in [-0.2, -0.15) is 5.10 Å². The lowest BCUT2D eigenvalue weighted by Gasteiger charge is -2.06. The van der Waals surface area contributed by atoms with Crippen molar-refractivity contribution in [2.24, 2.45) is 7.05 Å². The highest BCUT2D eigenvalue weighted by molar-refractivity contribution is 6.03. The number of carbonyl (C=O) groups excluding carboxylic acids is 1. The van der Waals surface area contributed by atoms with Crippen molar-refractivity contribution in [3.05, 3.63) is 54.2 Å². The van der Waals surface area contributed by atoms with E-state index in [0.29, 0.717) is 17.3 Å². The van der Waals surface area contributed by atoms with Gasteiger partial charge in [-0.1, -0.05) is 6.07 Å². The lowest BCUT2D eigenvalue weighted by Crippen LogP contribution is -2.16. The third-order valence-corrected chi connectivity index (χ3v) is 3.04. The van der Waals surface area contributed by atoms with Crippen molar-refractivity contribution in [2.45, 2.75) is 6.92 Å². The van der Waals surface area contributed by atoms with Gasteiger partial charge in [-0.3, -0.25) is 9.48 Å². The maximum Gasteiger partial charge on any atom is 0.273 e. The number of benzene rings is 1. The van der Waals surface area contributed by atoms with E-state index >= 15 is 0 Å². The Balaban J connectivity index is 1.84. The molecule has 0 aliphatic rings. The predicted octanol–water partition coefficient (Wildman–Crippen LogP) is 2.64. The van der Waals surface area contributed by atoms with Crippen molar-refractivity contribution in [3.8, 4) is 11.5 Å². The van der Waals surface area contributed by atoms with E-state index in [-0.39, 0.29) is 5.91 Å². The maximum atomic E-state index is 12.1. The molecule has 0 radical (unpaired) electrons. The van der Waals surface area contributed by atoms with Crippen LogP contribution in [0.4, 0.5) is 5.69 Å². The second-order valence-electron chi connectivity index (χ2n) is 4.65. The van der Waals surface area contributed by atoms with Crippen molar-refractivity contribution in [1.29, 1.82) is 0 Å². The Bertz CT molecular complexity index is 788. The van der Waals surface area contributed by atoms with Crippen LogP contribution < -0.4 is 5.32 Å². The number of hydrogen-bond acceptors (Lipinski definition) is 4. The quantitative estimate of drug-likeness (QED) is 0.801. The highest BCUT2D eigenvalue weighted by atomic mass is 16.4. The molecular weight excluding hydrogens is 268 g/mol. The van der Waals surface area contributed by atoms with Gasteiger partial charge in [0.1, 0.15) is 11.5 Å². The van der Waals surface area contributed by atoms with Crippen LogP contribution in [0.3, 0.4) is 0 Å². The number of nitrogens with one attached hydrogen (secondary N) is 1. The summed E-state index contributed by atoms with van der Waals surface area (Å²) in [4.78, 5) is 16.3. The molecule has 0 aliphatic heterocycles. The van der Waals surface area contributed by atoms with Gasteiger partial charge in [-0.15, -0.1) is 0 Å². The number of amides is 1. The third kappa shape index (κ3) is 2.69. The zero-order valence-electron chi connectivity index (χ0n) is 11.7. The molecule has 0 saturated heterocycles. The molecule has 1 aromatic carbocycles. The first kappa shape index (κ1) is 13.1. The summed E-state index contributed by atoms with van der Waals surface area (Å²) in [6.45, 7) is 1.84. The summed E-state index contributed by atoms with van der Waals surface area (Å²) in [5.41, 5.74) is 1.98. The van der Waals surface area contributed by atoms with Crippen molar-refractivity contribution in [2.75, 3.05) is 5.32 Å². The fourth-order valence-corrected chi connectivity index (χ4v) is 2.01. The topological polar surface area (TPSA) is 73.0 Å². The van der Waals surface area contributed by atoms with Gasteiger partial charge >= 0.3 is 0 Å². The number of aromatic nitrogens is 3. The minimum atomic E-state index is -0.212. The number of nitrogens with zero attached hydrogens (tertiary/aromatic N) is 3. The van der Waals surface area contributed by atoms with E-state index in [1.807, 2.05) is 31.2 Å². The summed E-state index contributed by atoms with van der Waals surface area (Å²) in [5.74, 6) is 1.06. The molecule has 1 N–H and O–H groups in total. The van der Waals surface area contributed by atoms with Crippen LogP contribution in [-0.2, 0) is 7.05 Å². The van der Waals surface area contributed by atoms with Crippen LogP contribution in [0.2, 0.25) is 0 Å². The normalized spacial score (nSPS) is 10.6. The van der Waals surface area contributed by atoms with Gasteiger partial charge in [0, 0.05) is 24.5 Å². The van der Waals surface area contributed by atoms with E-state index < -0.39 is 0 Å². The second-order valence-corrected chi connectivity index (χ2v) is 4.65. The summed E-state index contributed by atoms with van der Waals surface area (Å²) in [6.07, 6.45) is 3.25. The lowest BCUT2D eigenvalue weighted by molar-refractivity contribution is 0.101. The monoisotopic (exact) mass is 282 g/mol. The average Bonchev–Trinajstić information content (AvgIpc) is 3.08. The van der Waals surface area contributed by atoms with E-state index in [2.05, 4.69) is 15.4 Å². The van der Waals surface area contributed by atoms with Crippen LogP contribution in [0.15, 0.2) is 47.1 Å². The molecule has 0 bridgehead atoms. The molecule has 0 spiro atoms. The van der Waals surface area contributed by atoms with Crippen LogP contribution in [-0.4, -0.2) is 20.7 Å². The molecule has 0 atom stereocenters. The SMILES string of the molecule is Cc1cnc(-c2cccc(NC(=O)c3ccnn3C)c2)o1. The number of aryl methyl sites for hydroxylation is 2. The first-order valence-corrected chi connectivity index (χ1v) is 6.46. The molecule has 3 aromatic rings. The number of oxazole rings is 1. The summed E-state index contributed by atoms with van der Waals surface area (Å²) in [7, 11) is 1.72. The molecule has 0 aliphatic carbocycles. The predicted molar refractivity (Wildman–Crippen MR) is 77.8 cm³/mol. The van der Waals surface area contributed by atoms with E-state index in [1.165, 1.54) is 4.68 Å². The third-order valence-electron chi connectivity index (χ3n) is 3.04. The Kier molecular flexibility index (Phi) is 3.27. The van der Waals surface area contributed by atoms with E-state index in [9.17, 15) is 4.79 Å². The number of carbonyl (C=O) groups is 1. The molecule has 106 valence electrons. The molecule has 3 rings (SSSR count). The highest BCUT2D eigenvalue weighted by Crippen LogP contribution is 2.22. The van der Waals surface area contributed by atoms with E-state index in [0.717, 1.165) is 11.3 Å². The van der Waals surface area contributed by atoms with E-state index in [4.69, 9.17) is 4.42 Å². The Morgan fingerprint density at radius 2 is 2.19 bits per heavy atom. The fourth-order valence-electron chi connectivity index (χ4n) is 2.01. The molecule has 0 unspecified atom stereocenters. The molecule has 1 amide bonds. The average molecular weight is 282 g/mol. The van der Waals surface area contributed by atoms with Crippen molar-refractivity contribution >= 4 is 11.6 Å². The zero-order chi connectivity index (χ0) is 14.8. The van der Waals surface area contributed by atoms with Crippen LogP contribution in [0, 0.1) is 6.92 Å². The van der Waals surface area contributed by atoms with Gasteiger partial charge in [0.05, 0.1) is 6.20 Å². The Hall–Kier alpha value is -2.89. The van der Waals surface area contributed by atoms with Crippen LogP contribution in [0.1, 0.15) is 16.2 Å². The Morgan fingerprint density at radius 1 is 1.33 bits per heavy atom. The molecule has 6 nitrogen and oxygen atoms in total. The first-order chi connectivity index (χ1) is 10.1.